The molecule has 1 unspecified atom stereocenters. The second-order valence-electron chi connectivity index (χ2n) is 7.89. The number of piperazine rings is 1. The number of carbonyl (C=O) groups excluding carboxylic acids is 2. The SMILES string of the molecule is Cc1cc(C)c(N2CC(C(=O)NCCCN3CCNCC3)CC2=O)c(C)c1.Cl. The van der Waals surface area contributed by atoms with E-state index in [0.29, 0.717) is 19.5 Å². The van der Waals surface area contributed by atoms with Gasteiger partial charge in [-0.25, -0.2) is 0 Å². The van der Waals surface area contributed by atoms with Gasteiger partial charge in [-0.05, 0) is 44.9 Å². The van der Waals surface area contributed by atoms with Crippen LogP contribution >= 0.6 is 12.4 Å². The summed E-state index contributed by atoms with van der Waals surface area (Å²) in [5.74, 6) is -0.198. The number of carbonyl (C=O) groups is 2. The zero-order valence-corrected chi connectivity index (χ0v) is 18.0. The molecule has 7 heteroatoms. The largest absolute Gasteiger partial charge is 0.356 e. The topological polar surface area (TPSA) is 64.7 Å². The zero-order valence-electron chi connectivity index (χ0n) is 17.2. The molecule has 2 saturated heterocycles. The molecule has 2 N–H and O–H groups in total. The van der Waals surface area contributed by atoms with Crippen molar-refractivity contribution in [3.8, 4) is 0 Å². The average Bonchev–Trinajstić information content (AvgIpc) is 3.00. The van der Waals surface area contributed by atoms with E-state index in [2.05, 4.69) is 34.6 Å². The second-order valence-corrected chi connectivity index (χ2v) is 7.89. The monoisotopic (exact) mass is 408 g/mol. The molecule has 0 bridgehead atoms. The van der Waals surface area contributed by atoms with Crippen LogP contribution in [0.4, 0.5) is 5.69 Å². The Hall–Kier alpha value is -1.63. The van der Waals surface area contributed by atoms with Gasteiger partial charge in [-0.1, -0.05) is 17.7 Å². The lowest BCUT2D eigenvalue weighted by atomic mass is 10.0. The number of aryl methyl sites for hydroxylation is 3. The quantitative estimate of drug-likeness (QED) is 0.704. The van der Waals surface area contributed by atoms with E-state index in [1.165, 1.54) is 5.56 Å². The van der Waals surface area contributed by atoms with Gasteiger partial charge in [0.1, 0.15) is 0 Å². The molecule has 0 saturated carbocycles. The summed E-state index contributed by atoms with van der Waals surface area (Å²) < 4.78 is 0. The third kappa shape index (κ3) is 5.46. The van der Waals surface area contributed by atoms with Crippen LogP contribution < -0.4 is 15.5 Å². The Kier molecular flexibility index (Phi) is 8.28. The van der Waals surface area contributed by atoms with Crippen LogP contribution in [0.2, 0.25) is 0 Å². The minimum absolute atomic E-state index is 0. The molecule has 0 aliphatic carbocycles. The molecule has 156 valence electrons. The maximum absolute atomic E-state index is 12.5. The van der Waals surface area contributed by atoms with Gasteiger partial charge in [0.2, 0.25) is 11.8 Å². The standard InChI is InChI=1S/C21H32N4O2.ClH/c1-15-11-16(2)20(17(3)12-15)25-14-18(13-19(25)26)21(27)23-5-4-8-24-9-6-22-7-10-24;/h11-12,18,22H,4-10,13-14H2,1-3H3,(H,23,27);1H. The number of hydrogen-bond donors (Lipinski definition) is 2. The Balaban J connectivity index is 0.00000280. The number of amides is 2. The van der Waals surface area contributed by atoms with Gasteiger partial charge in [0.25, 0.3) is 0 Å². The van der Waals surface area contributed by atoms with Crippen LogP contribution in [0, 0.1) is 26.7 Å². The van der Waals surface area contributed by atoms with Crippen molar-refractivity contribution >= 4 is 29.9 Å². The summed E-state index contributed by atoms with van der Waals surface area (Å²) in [5, 5.41) is 6.38. The molecule has 28 heavy (non-hydrogen) atoms. The second kappa shape index (κ2) is 10.2. The molecule has 2 amide bonds. The Bertz CT molecular complexity index is 681. The molecule has 0 radical (unpaired) electrons. The Labute approximate surface area is 174 Å². The lowest BCUT2D eigenvalue weighted by molar-refractivity contribution is -0.126. The van der Waals surface area contributed by atoms with Gasteiger partial charge in [0, 0.05) is 51.4 Å². The predicted molar refractivity (Wildman–Crippen MR) is 115 cm³/mol. The minimum Gasteiger partial charge on any atom is -0.356 e. The highest BCUT2D eigenvalue weighted by Gasteiger charge is 2.36. The van der Waals surface area contributed by atoms with E-state index in [1.807, 2.05) is 13.8 Å². The lowest BCUT2D eigenvalue weighted by Gasteiger charge is -2.27. The van der Waals surface area contributed by atoms with Crippen LogP contribution in [-0.4, -0.2) is 62.5 Å². The van der Waals surface area contributed by atoms with Crippen LogP contribution in [0.3, 0.4) is 0 Å². The third-order valence-corrected chi connectivity index (χ3v) is 5.56. The van der Waals surface area contributed by atoms with E-state index < -0.39 is 0 Å². The number of benzene rings is 1. The van der Waals surface area contributed by atoms with Crippen molar-refractivity contribution in [3.05, 3.63) is 28.8 Å². The van der Waals surface area contributed by atoms with E-state index in [0.717, 1.165) is 56.0 Å². The van der Waals surface area contributed by atoms with Gasteiger partial charge in [0.05, 0.1) is 5.92 Å². The maximum atomic E-state index is 12.5. The summed E-state index contributed by atoms with van der Waals surface area (Å²) in [5.41, 5.74) is 4.36. The van der Waals surface area contributed by atoms with Crippen LogP contribution in [0.25, 0.3) is 0 Å². The lowest BCUT2D eigenvalue weighted by Crippen LogP contribution is -2.44. The summed E-state index contributed by atoms with van der Waals surface area (Å²) in [6.45, 7) is 12.5. The summed E-state index contributed by atoms with van der Waals surface area (Å²) in [7, 11) is 0. The molecule has 2 aliphatic heterocycles. The van der Waals surface area contributed by atoms with Gasteiger partial charge < -0.3 is 20.4 Å². The fourth-order valence-electron chi connectivity index (χ4n) is 4.29. The Morgan fingerprint density at radius 1 is 1.18 bits per heavy atom. The van der Waals surface area contributed by atoms with E-state index in [1.54, 1.807) is 4.90 Å². The highest BCUT2D eigenvalue weighted by molar-refractivity contribution is 6.01. The summed E-state index contributed by atoms with van der Waals surface area (Å²) in [6.07, 6.45) is 1.25. The van der Waals surface area contributed by atoms with Crippen molar-refractivity contribution in [3.63, 3.8) is 0 Å². The van der Waals surface area contributed by atoms with Crippen molar-refractivity contribution in [2.45, 2.75) is 33.6 Å². The van der Waals surface area contributed by atoms with Gasteiger partial charge in [-0.15, -0.1) is 12.4 Å². The molecule has 1 aromatic rings. The van der Waals surface area contributed by atoms with Crippen LogP contribution in [-0.2, 0) is 9.59 Å². The average molecular weight is 409 g/mol. The summed E-state index contributed by atoms with van der Waals surface area (Å²) in [4.78, 5) is 29.3. The molecule has 0 spiro atoms. The first-order valence-corrected chi connectivity index (χ1v) is 10.0. The van der Waals surface area contributed by atoms with Gasteiger partial charge >= 0.3 is 0 Å². The smallest absolute Gasteiger partial charge is 0.227 e. The Morgan fingerprint density at radius 2 is 1.82 bits per heavy atom. The molecular weight excluding hydrogens is 376 g/mol. The predicted octanol–water partition coefficient (Wildman–Crippen LogP) is 1.80. The first kappa shape index (κ1) is 22.7. The number of nitrogens with zero attached hydrogens (tertiary/aromatic N) is 2. The highest BCUT2D eigenvalue weighted by Crippen LogP contribution is 2.31. The van der Waals surface area contributed by atoms with E-state index in [4.69, 9.17) is 0 Å². The van der Waals surface area contributed by atoms with Gasteiger partial charge in [-0.2, -0.15) is 0 Å². The molecule has 6 nitrogen and oxygen atoms in total. The molecule has 2 heterocycles. The van der Waals surface area contributed by atoms with Crippen LogP contribution in [0.15, 0.2) is 12.1 Å². The fraction of sp³-hybridized carbons (Fsp3) is 0.619. The van der Waals surface area contributed by atoms with E-state index >= 15 is 0 Å². The van der Waals surface area contributed by atoms with Crippen LogP contribution in [0.5, 0.6) is 0 Å². The summed E-state index contributed by atoms with van der Waals surface area (Å²) in [6, 6.07) is 4.19. The minimum atomic E-state index is -0.253. The van der Waals surface area contributed by atoms with Gasteiger partial charge in [-0.3, -0.25) is 9.59 Å². The van der Waals surface area contributed by atoms with Crippen molar-refractivity contribution in [2.24, 2.45) is 5.92 Å². The number of nitrogens with one attached hydrogen (secondary N) is 2. The normalized spacial score (nSPS) is 20.2. The van der Waals surface area contributed by atoms with Gasteiger partial charge in [0.15, 0.2) is 0 Å². The molecule has 1 atom stereocenters. The molecular formula is C21H33ClN4O2. The van der Waals surface area contributed by atoms with Crippen molar-refractivity contribution in [1.29, 1.82) is 0 Å². The maximum Gasteiger partial charge on any atom is 0.227 e. The number of halogens is 1. The first-order chi connectivity index (χ1) is 13.0. The van der Waals surface area contributed by atoms with Crippen molar-refractivity contribution in [1.82, 2.24) is 15.5 Å². The number of rotatable bonds is 6. The molecule has 3 rings (SSSR count). The third-order valence-electron chi connectivity index (χ3n) is 5.56. The highest BCUT2D eigenvalue weighted by atomic mass is 35.5. The Morgan fingerprint density at radius 3 is 2.46 bits per heavy atom. The molecule has 1 aromatic carbocycles. The number of hydrogen-bond acceptors (Lipinski definition) is 4. The van der Waals surface area contributed by atoms with E-state index in [-0.39, 0.29) is 30.1 Å². The molecule has 0 aromatic heterocycles. The zero-order chi connectivity index (χ0) is 19.4. The summed E-state index contributed by atoms with van der Waals surface area (Å²) >= 11 is 0. The van der Waals surface area contributed by atoms with Crippen LogP contribution in [0.1, 0.15) is 29.5 Å². The van der Waals surface area contributed by atoms with Crippen molar-refractivity contribution < 1.29 is 9.59 Å². The first-order valence-electron chi connectivity index (χ1n) is 10.0. The van der Waals surface area contributed by atoms with E-state index in [9.17, 15) is 9.59 Å². The molecule has 2 aliphatic rings. The number of anilines is 1. The molecule has 2 fully saturated rings. The fourth-order valence-corrected chi connectivity index (χ4v) is 4.29. The van der Waals surface area contributed by atoms with Crippen molar-refractivity contribution in [2.75, 3.05) is 50.7 Å².